The third-order valence-corrected chi connectivity index (χ3v) is 4.15. The Hall–Kier alpha value is -1.87. The highest BCUT2D eigenvalue weighted by Gasteiger charge is 2.16. The van der Waals surface area contributed by atoms with E-state index in [4.69, 9.17) is 11.6 Å². The molecule has 21 heavy (non-hydrogen) atoms. The Kier molecular flexibility index (Phi) is 3.93. The molecule has 0 radical (unpaired) electrons. The molecule has 108 valence electrons. The van der Waals surface area contributed by atoms with E-state index in [0.717, 1.165) is 22.2 Å². The van der Waals surface area contributed by atoms with E-state index in [1.165, 1.54) is 6.07 Å². The number of hydrogen-bond acceptors (Lipinski definition) is 1. The van der Waals surface area contributed by atoms with Crippen molar-refractivity contribution >= 4 is 22.5 Å². The van der Waals surface area contributed by atoms with E-state index in [0.29, 0.717) is 12.3 Å². The lowest BCUT2D eigenvalue weighted by Crippen LogP contribution is -2.06. The molecule has 0 aliphatic heterocycles. The molecule has 0 spiro atoms. The summed E-state index contributed by atoms with van der Waals surface area (Å²) in [5.41, 5.74) is 3.02. The molecule has 1 unspecified atom stereocenters. The number of aromatic nitrogens is 2. The predicted molar refractivity (Wildman–Crippen MR) is 84.3 cm³/mol. The number of halogens is 2. The minimum Gasteiger partial charge on any atom is -0.268 e. The molecule has 3 rings (SSSR count). The van der Waals surface area contributed by atoms with E-state index < -0.39 is 0 Å². The molecule has 0 saturated heterocycles. The second kappa shape index (κ2) is 5.86. The Morgan fingerprint density at radius 2 is 2.00 bits per heavy atom. The number of para-hydroxylation sites is 1. The Morgan fingerprint density at radius 1 is 1.19 bits per heavy atom. The standard InChI is InChI=1S/C17H16ClFN2/c1-21-17-8-3-2-7-15(17)16(20-21)10-13(11-18)12-5-4-6-14(19)9-12/h2-9,13H,10-11H2,1H3. The van der Waals surface area contributed by atoms with Crippen LogP contribution in [0.4, 0.5) is 4.39 Å². The van der Waals surface area contributed by atoms with Crippen molar-refractivity contribution in [2.45, 2.75) is 12.3 Å². The smallest absolute Gasteiger partial charge is 0.123 e. The summed E-state index contributed by atoms with van der Waals surface area (Å²) < 4.78 is 15.3. The monoisotopic (exact) mass is 302 g/mol. The minimum atomic E-state index is -0.228. The number of fused-ring (bicyclic) bond motifs is 1. The van der Waals surface area contributed by atoms with Gasteiger partial charge < -0.3 is 0 Å². The SMILES string of the molecule is Cn1nc(CC(CCl)c2cccc(F)c2)c2ccccc21. The normalized spacial score (nSPS) is 12.7. The molecule has 0 fully saturated rings. The van der Waals surface area contributed by atoms with Crippen LogP contribution in [0.2, 0.25) is 0 Å². The Balaban J connectivity index is 1.96. The van der Waals surface area contributed by atoms with E-state index in [2.05, 4.69) is 11.2 Å². The van der Waals surface area contributed by atoms with Crippen LogP contribution >= 0.6 is 11.6 Å². The van der Waals surface area contributed by atoms with E-state index in [9.17, 15) is 4.39 Å². The van der Waals surface area contributed by atoms with Crippen molar-refractivity contribution < 1.29 is 4.39 Å². The van der Waals surface area contributed by atoms with Gasteiger partial charge in [0, 0.05) is 30.7 Å². The van der Waals surface area contributed by atoms with E-state index in [-0.39, 0.29) is 11.7 Å². The highest BCUT2D eigenvalue weighted by molar-refractivity contribution is 6.18. The zero-order chi connectivity index (χ0) is 14.8. The number of nitrogens with zero attached hydrogens (tertiary/aromatic N) is 2. The maximum absolute atomic E-state index is 13.4. The summed E-state index contributed by atoms with van der Waals surface area (Å²) in [6.07, 6.45) is 0.703. The van der Waals surface area contributed by atoms with E-state index in [1.54, 1.807) is 12.1 Å². The van der Waals surface area contributed by atoms with Crippen LogP contribution in [-0.2, 0) is 13.5 Å². The second-order valence-corrected chi connectivity index (χ2v) is 5.51. The largest absolute Gasteiger partial charge is 0.268 e. The van der Waals surface area contributed by atoms with Gasteiger partial charge in [0.25, 0.3) is 0 Å². The fourth-order valence-electron chi connectivity index (χ4n) is 2.69. The Bertz CT molecular complexity index is 766. The summed E-state index contributed by atoms with van der Waals surface area (Å²) in [6, 6.07) is 14.8. The summed E-state index contributed by atoms with van der Waals surface area (Å²) in [6.45, 7) is 0. The van der Waals surface area contributed by atoms with Crippen LogP contribution in [-0.4, -0.2) is 15.7 Å². The lowest BCUT2D eigenvalue weighted by molar-refractivity contribution is 0.620. The minimum absolute atomic E-state index is 0.0562. The molecule has 0 aliphatic carbocycles. The van der Waals surface area contributed by atoms with Gasteiger partial charge in [0.1, 0.15) is 5.82 Å². The number of hydrogen-bond donors (Lipinski definition) is 0. The fourth-order valence-corrected chi connectivity index (χ4v) is 2.98. The van der Waals surface area contributed by atoms with Gasteiger partial charge in [-0.2, -0.15) is 5.10 Å². The van der Waals surface area contributed by atoms with Crippen molar-refractivity contribution in [2.75, 3.05) is 5.88 Å². The molecule has 1 atom stereocenters. The summed E-state index contributed by atoms with van der Waals surface area (Å²) in [4.78, 5) is 0. The molecule has 3 aromatic rings. The summed E-state index contributed by atoms with van der Waals surface area (Å²) >= 11 is 6.11. The molecule has 0 N–H and O–H groups in total. The quantitative estimate of drug-likeness (QED) is 0.658. The second-order valence-electron chi connectivity index (χ2n) is 5.20. The Labute approximate surface area is 128 Å². The van der Waals surface area contributed by atoms with Gasteiger partial charge in [-0.05, 0) is 23.8 Å². The lowest BCUT2D eigenvalue weighted by atomic mass is 9.95. The van der Waals surface area contributed by atoms with Gasteiger partial charge >= 0.3 is 0 Å². The number of aryl methyl sites for hydroxylation is 1. The highest BCUT2D eigenvalue weighted by atomic mass is 35.5. The van der Waals surface area contributed by atoms with Crippen LogP contribution in [0.15, 0.2) is 48.5 Å². The molecule has 1 aromatic heterocycles. The Morgan fingerprint density at radius 3 is 2.76 bits per heavy atom. The van der Waals surface area contributed by atoms with Crippen LogP contribution in [0.1, 0.15) is 17.2 Å². The van der Waals surface area contributed by atoms with Crippen molar-refractivity contribution in [1.82, 2.24) is 9.78 Å². The molecule has 4 heteroatoms. The first-order valence-electron chi connectivity index (χ1n) is 6.91. The summed E-state index contributed by atoms with van der Waals surface area (Å²) in [5, 5.41) is 5.72. The van der Waals surface area contributed by atoms with Crippen LogP contribution in [0.25, 0.3) is 10.9 Å². The van der Waals surface area contributed by atoms with Gasteiger partial charge in [0.05, 0.1) is 11.2 Å². The van der Waals surface area contributed by atoms with E-state index in [1.807, 2.05) is 36.0 Å². The molecule has 0 amide bonds. The first-order valence-corrected chi connectivity index (χ1v) is 7.44. The van der Waals surface area contributed by atoms with Crippen molar-refractivity contribution in [3.05, 3.63) is 65.6 Å². The van der Waals surface area contributed by atoms with Crippen LogP contribution < -0.4 is 0 Å². The maximum atomic E-state index is 13.4. The molecule has 2 nitrogen and oxygen atoms in total. The first-order chi connectivity index (χ1) is 10.2. The predicted octanol–water partition coefficient (Wildman–Crippen LogP) is 4.28. The molecule has 0 saturated carbocycles. The first kappa shape index (κ1) is 14.1. The van der Waals surface area contributed by atoms with Gasteiger partial charge in [-0.15, -0.1) is 11.6 Å². The average Bonchev–Trinajstić information content (AvgIpc) is 2.82. The van der Waals surface area contributed by atoms with Gasteiger partial charge in [-0.1, -0.05) is 30.3 Å². The van der Waals surface area contributed by atoms with Gasteiger partial charge in [-0.3, -0.25) is 4.68 Å². The molecular formula is C17H16ClFN2. The van der Waals surface area contributed by atoms with Gasteiger partial charge in [0.2, 0.25) is 0 Å². The summed E-state index contributed by atoms with van der Waals surface area (Å²) in [7, 11) is 1.93. The number of benzene rings is 2. The number of rotatable bonds is 4. The van der Waals surface area contributed by atoms with Crippen LogP contribution in [0.3, 0.4) is 0 Å². The fraction of sp³-hybridized carbons (Fsp3) is 0.235. The van der Waals surface area contributed by atoms with Crippen molar-refractivity contribution in [3.8, 4) is 0 Å². The zero-order valence-electron chi connectivity index (χ0n) is 11.8. The lowest BCUT2D eigenvalue weighted by Gasteiger charge is -2.13. The third-order valence-electron chi connectivity index (χ3n) is 3.78. The molecule has 1 heterocycles. The topological polar surface area (TPSA) is 17.8 Å². The van der Waals surface area contributed by atoms with Crippen molar-refractivity contribution in [2.24, 2.45) is 7.05 Å². The van der Waals surface area contributed by atoms with Gasteiger partial charge in [-0.25, -0.2) is 4.39 Å². The third kappa shape index (κ3) is 2.79. The molecule has 2 aromatic carbocycles. The van der Waals surface area contributed by atoms with Gasteiger partial charge in [0.15, 0.2) is 0 Å². The van der Waals surface area contributed by atoms with Crippen molar-refractivity contribution in [1.29, 1.82) is 0 Å². The average molecular weight is 303 g/mol. The van der Waals surface area contributed by atoms with Crippen LogP contribution in [0, 0.1) is 5.82 Å². The molecular weight excluding hydrogens is 287 g/mol. The number of alkyl halides is 1. The summed E-state index contributed by atoms with van der Waals surface area (Å²) in [5.74, 6) is 0.267. The highest BCUT2D eigenvalue weighted by Crippen LogP contribution is 2.26. The van der Waals surface area contributed by atoms with E-state index >= 15 is 0 Å². The molecule has 0 aliphatic rings. The maximum Gasteiger partial charge on any atom is 0.123 e. The van der Waals surface area contributed by atoms with Crippen molar-refractivity contribution in [3.63, 3.8) is 0 Å². The zero-order valence-corrected chi connectivity index (χ0v) is 12.5. The van der Waals surface area contributed by atoms with Crippen LogP contribution in [0.5, 0.6) is 0 Å². The molecule has 0 bridgehead atoms.